The standard InChI is InChI=1S/C14H20N2O3/c1-10-3-8-14(16(17)18)13(9-10)15-11-4-6-12(19-2)7-5-11/h3,8-9,11-12,15H,4-7H2,1-2H3. The van der Waals surface area contributed by atoms with Gasteiger partial charge in [-0.05, 0) is 44.2 Å². The van der Waals surface area contributed by atoms with Crippen LogP contribution in [0.4, 0.5) is 11.4 Å². The smallest absolute Gasteiger partial charge is 0.292 e. The fourth-order valence-corrected chi connectivity index (χ4v) is 2.59. The molecule has 19 heavy (non-hydrogen) atoms. The second-order valence-corrected chi connectivity index (χ2v) is 5.13. The van der Waals surface area contributed by atoms with Crippen LogP contribution in [-0.4, -0.2) is 24.2 Å². The summed E-state index contributed by atoms with van der Waals surface area (Å²) in [5.41, 5.74) is 1.81. The van der Waals surface area contributed by atoms with Crippen molar-refractivity contribution in [3.63, 3.8) is 0 Å². The van der Waals surface area contributed by atoms with Crippen LogP contribution >= 0.6 is 0 Å². The van der Waals surface area contributed by atoms with Gasteiger partial charge in [-0.15, -0.1) is 0 Å². The predicted molar refractivity (Wildman–Crippen MR) is 74.5 cm³/mol. The first-order chi connectivity index (χ1) is 9.10. The molecular weight excluding hydrogens is 244 g/mol. The maximum atomic E-state index is 11.0. The maximum absolute atomic E-state index is 11.0. The number of hydrogen-bond donors (Lipinski definition) is 1. The van der Waals surface area contributed by atoms with Gasteiger partial charge in [-0.3, -0.25) is 10.1 Å². The van der Waals surface area contributed by atoms with E-state index in [-0.39, 0.29) is 10.6 Å². The van der Waals surface area contributed by atoms with E-state index in [2.05, 4.69) is 5.32 Å². The largest absolute Gasteiger partial charge is 0.381 e. The molecule has 104 valence electrons. The summed E-state index contributed by atoms with van der Waals surface area (Å²) < 4.78 is 5.33. The van der Waals surface area contributed by atoms with E-state index in [0.717, 1.165) is 31.2 Å². The molecule has 1 saturated carbocycles. The number of ether oxygens (including phenoxy) is 1. The highest BCUT2D eigenvalue weighted by Gasteiger charge is 2.23. The summed E-state index contributed by atoms with van der Waals surface area (Å²) in [6.45, 7) is 1.94. The van der Waals surface area contributed by atoms with E-state index in [1.165, 1.54) is 0 Å². The number of rotatable bonds is 4. The lowest BCUT2D eigenvalue weighted by Crippen LogP contribution is -2.29. The summed E-state index contributed by atoms with van der Waals surface area (Å²) in [5.74, 6) is 0. The molecule has 2 rings (SSSR count). The van der Waals surface area contributed by atoms with E-state index in [0.29, 0.717) is 17.8 Å². The Morgan fingerprint density at radius 3 is 2.58 bits per heavy atom. The summed E-state index contributed by atoms with van der Waals surface area (Å²) in [7, 11) is 1.74. The van der Waals surface area contributed by atoms with Crippen molar-refractivity contribution < 1.29 is 9.66 Å². The lowest BCUT2D eigenvalue weighted by atomic mass is 9.92. The van der Waals surface area contributed by atoms with E-state index in [4.69, 9.17) is 4.74 Å². The third-order valence-electron chi connectivity index (χ3n) is 3.72. The Morgan fingerprint density at radius 1 is 1.32 bits per heavy atom. The molecule has 1 N–H and O–H groups in total. The van der Waals surface area contributed by atoms with Gasteiger partial charge in [0.2, 0.25) is 0 Å². The lowest BCUT2D eigenvalue weighted by Gasteiger charge is -2.28. The van der Waals surface area contributed by atoms with Crippen LogP contribution in [0.1, 0.15) is 31.2 Å². The Balaban J connectivity index is 2.06. The van der Waals surface area contributed by atoms with Crippen LogP contribution in [0.25, 0.3) is 0 Å². The summed E-state index contributed by atoms with van der Waals surface area (Å²) in [6, 6.07) is 5.48. The van der Waals surface area contributed by atoms with Gasteiger partial charge in [-0.25, -0.2) is 0 Å². The molecule has 0 unspecified atom stereocenters. The number of benzene rings is 1. The molecule has 0 spiro atoms. The number of anilines is 1. The van der Waals surface area contributed by atoms with Crippen LogP contribution in [-0.2, 0) is 4.74 Å². The Bertz CT molecular complexity index is 454. The van der Waals surface area contributed by atoms with E-state index < -0.39 is 0 Å². The molecule has 0 atom stereocenters. The topological polar surface area (TPSA) is 64.4 Å². The molecule has 1 aromatic rings. The van der Waals surface area contributed by atoms with Crippen molar-refractivity contribution in [1.29, 1.82) is 0 Å². The van der Waals surface area contributed by atoms with Gasteiger partial charge >= 0.3 is 0 Å². The monoisotopic (exact) mass is 264 g/mol. The van der Waals surface area contributed by atoms with Gasteiger partial charge in [0, 0.05) is 19.2 Å². The summed E-state index contributed by atoms with van der Waals surface area (Å²) in [5, 5.41) is 14.3. The van der Waals surface area contributed by atoms with Gasteiger partial charge in [0.1, 0.15) is 5.69 Å². The van der Waals surface area contributed by atoms with Crippen LogP contribution < -0.4 is 5.32 Å². The summed E-state index contributed by atoms with van der Waals surface area (Å²) in [4.78, 5) is 10.7. The Labute approximate surface area is 113 Å². The van der Waals surface area contributed by atoms with Gasteiger partial charge in [0.15, 0.2) is 0 Å². The minimum atomic E-state index is -0.331. The first-order valence-corrected chi connectivity index (χ1v) is 6.64. The van der Waals surface area contributed by atoms with Crippen LogP contribution in [0.3, 0.4) is 0 Å². The Hall–Kier alpha value is -1.62. The molecule has 0 bridgehead atoms. The first-order valence-electron chi connectivity index (χ1n) is 6.64. The molecule has 0 amide bonds. The fraction of sp³-hybridized carbons (Fsp3) is 0.571. The molecule has 0 aromatic heterocycles. The normalized spacial score (nSPS) is 23.1. The number of nitrogens with one attached hydrogen (secondary N) is 1. The van der Waals surface area contributed by atoms with Crippen LogP contribution in [0, 0.1) is 17.0 Å². The van der Waals surface area contributed by atoms with E-state index >= 15 is 0 Å². The lowest BCUT2D eigenvalue weighted by molar-refractivity contribution is -0.384. The highest BCUT2D eigenvalue weighted by molar-refractivity contribution is 5.63. The second-order valence-electron chi connectivity index (χ2n) is 5.13. The highest BCUT2D eigenvalue weighted by Crippen LogP contribution is 2.29. The molecule has 0 radical (unpaired) electrons. The number of nitro benzene ring substituents is 1. The average molecular weight is 264 g/mol. The maximum Gasteiger partial charge on any atom is 0.292 e. The molecule has 0 saturated heterocycles. The molecular formula is C14H20N2O3. The molecule has 1 aliphatic rings. The molecule has 1 aliphatic carbocycles. The molecule has 5 nitrogen and oxygen atoms in total. The van der Waals surface area contributed by atoms with Crippen molar-refractivity contribution in [1.82, 2.24) is 0 Å². The van der Waals surface area contributed by atoms with Crippen molar-refractivity contribution in [3.8, 4) is 0 Å². The van der Waals surface area contributed by atoms with Crippen LogP contribution in [0.15, 0.2) is 18.2 Å². The predicted octanol–water partition coefficient (Wildman–Crippen LogP) is 3.27. The van der Waals surface area contributed by atoms with Crippen LogP contribution in [0.5, 0.6) is 0 Å². The number of nitro groups is 1. The first kappa shape index (κ1) is 13.8. The van der Waals surface area contributed by atoms with Crippen LogP contribution in [0.2, 0.25) is 0 Å². The summed E-state index contributed by atoms with van der Waals surface area (Å²) >= 11 is 0. The minimum Gasteiger partial charge on any atom is -0.381 e. The van der Waals surface area contributed by atoms with Gasteiger partial charge in [-0.2, -0.15) is 0 Å². The third kappa shape index (κ3) is 3.44. The fourth-order valence-electron chi connectivity index (χ4n) is 2.59. The highest BCUT2D eigenvalue weighted by atomic mass is 16.6. The molecule has 5 heteroatoms. The number of nitrogens with zero attached hydrogens (tertiary/aromatic N) is 1. The van der Waals surface area contributed by atoms with Crippen molar-refractivity contribution >= 4 is 11.4 Å². The molecule has 0 heterocycles. The average Bonchev–Trinajstić information content (AvgIpc) is 2.39. The van der Waals surface area contributed by atoms with Crippen molar-refractivity contribution in [2.24, 2.45) is 0 Å². The molecule has 1 fully saturated rings. The molecule has 1 aromatic carbocycles. The molecule has 0 aliphatic heterocycles. The van der Waals surface area contributed by atoms with E-state index in [9.17, 15) is 10.1 Å². The number of hydrogen-bond acceptors (Lipinski definition) is 4. The van der Waals surface area contributed by atoms with Crippen molar-refractivity contribution in [2.75, 3.05) is 12.4 Å². The van der Waals surface area contributed by atoms with Gasteiger partial charge in [-0.1, -0.05) is 6.07 Å². The Morgan fingerprint density at radius 2 is 2.00 bits per heavy atom. The van der Waals surface area contributed by atoms with Gasteiger partial charge in [0.25, 0.3) is 5.69 Å². The third-order valence-corrected chi connectivity index (χ3v) is 3.72. The van der Waals surface area contributed by atoms with E-state index in [1.54, 1.807) is 19.2 Å². The van der Waals surface area contributed by atoms with Crippen molar-refractivity contribution in [3.05, 3.63) is 33.9 Å². The van der Waals surface area contributed by atoms with Crippen molar-refractivity contribution in [2.45, 2.75) is 44.8 Å². The van der Waals surface area contributed by atoms with Gasteiger partial charge < -0.3 is 10.1 Å². The summed E-state index contributed by atoms with van der Waals surface area (Å²) in [6.07, 6.45) is 4.33. The zero-order chi connectivity index (χ0) is 13.8. The zero-order valence-corrected chi connectivity index (χ0v) is 11.4. The van der Waals surface area contributed by atoms with Gasteiger partial charge in [0.05, 0.1) is 11.0 Å². The minimum absolute atomic E-state index is 0.152. The number of methoxy groups -OCH3 is 1. The Kier molecular flexibility index (Phi) is 4.37. The second kappa shape index (κ2) is 6.02. The SMILES string of the molecule is COC1CCC(Nc2cc(C)ccc2[N+](=O)[O-])CC1. The zero-order valence-electron chi connectivity index (χ0n) is 11.4. The van der Waals surface area contributed by atoms with E-state index in [1.807, 2.05) is 13.0 Å². The quantitative estimate of drug-likeness (QED) is 0.669. The number of aryl methyl sites for hydroxylation is 1.